The average molecular weight is 198 g/mol. The van der Waals surface area contributed by atoms with E-state index in [0.29, 0.717) is 6.61 Å². The standard InChI is InChI=1S/C7H12O2.C2H4.C2H2.CH4/c1-3-5-6-9-7(8)4-2;2*1-2;/h4H,2-3,5-6H2,1H3;1-2H2;1-2H;1H4. The van der Waals surface area contributed by atoms with E-state index in [1.165, 1.54) is 6.08 Å². The van der Waals surface area contributed by atoms with Crippen LogP contribution < -0.4 is 0 Å². The van der Waals surface area contributed by atoms with Crippen LogP contribution in [0, 0.1) is 12.8 Å². The van der Waals surface area contributed by atoms with E-state index in [1.807, 2.05) is 6.92 Å². The van der Waals surface area contributed by atoms with Crippen molar-refractivity contribution in [3.63, 3.8) is 0 Å². The van der Waals surface area contributed by atoms with Gasteiger partial charge in [-0.1, -0.05) is 27.4 Å². The van der Waals surface area contributed by atoms with Crippen LogP contribution in [0.25, 0.3) is 0 Å². The Hall–Kier alpha value is -1.49. The third-order valence-corrected chi connectivity index (χ3v) is 0.909. The summed E-state index contributed by atoms with van der Waals surface area (Å²) < 4.78 is 4.67. The van der Waals surface area contributed by atoms with Crippen molar-refractivity contribution in [1.82, 2.24) is 0 Å². The first kappa shape index (κ1) is 22.9. The monoisotopic (exact) mass is 198 g/mol. The number of esters is 1. The molecule has 0 aromatic rings. The van der Waals surface area contributed by atoms with E-state index in [9.17, 15) is 4.79 Å². The molecule has 0 radical (unpaired) electrons. The lowest BCUT2D eigenvalue weighted by Crippen LogP contribution is -2.00. The van der Waals surface area contributed by atoms with Gasteiger partial charge in [-0.25, -0.2) is 4.79 Å². The van der Waals surface area contributed by atoms with Crippen molar-refractivity contribution in [1.29, 1.82) is 0 Å². The zero-order valence-electron chi connectivity index (χ0n) is 8.29. The molecule has 0 spiro atoms. The molecule has 0 heterocycles. The average Bonchev–Trinajstić information content (AvgIpc) is 2.24. The Morgan fingerprint density at radius 1 is 1.43 bits per heavy atom. The summed E-state index contributed by atoms with van der Waals surface area (Å²) in [5.74, 6) is -0.330. The molecule has 0 N–H and O–H groups in total. The minimum Gasteiger partial charge on any atom is -0.463 e. The van der Waals surface area contributed by atoms with Gasteiger partial charge in [-0.15, -0.1) is 26.0 Å². The lowest BCUT2D eigenvalue weighted by Gasteiger charge is -1.97. The number of carbonyl (C=O) groups is 1. The van der Waals surface area contributed by atoms with Gasteiger partial charge >= 0.3 is 5.97 Å². The number of ether oxygens (including phenoxy) is 1. The van der Waals surface area contributed by atoms with Crippen LogP contribution in [0.2, 0.25) is 0 Å². The van der Waals surface area contributed by atoms with Gasteiger partial charge in [-0.05, 0) is 6.42 Å². The summed E-state index contributed by atoms with van der Waals surface area (Å²) >= 11 is 0. The molecule has 0 saturated carbocycles. The van der Waals surface area contributed by atoms with E-state index >= 15 is 0 Å². The van der Waals surface area contributed by atoms with Gasteiger partial charge in [-0.2, -0.15) is 0 Å². The summed E-state index contributed by atoms with van der Waals surface area (Å²) in [6.07, 6.45) is 11.2. The normalized spacial score (nSPS) is 5.93. The van der Waals surface area contributed by atoms with E-state index in [0.717, 1.165) is 12.8 Å². The van der Waals surface area contributed by atoms with Crippen molar-refractivity contribution in [2.45, 2.75) is 27.2 Å². The third-order valence-electron chi connectivity index (χ3n) is 0.909. The molecule has 0 unspecified atom stereocenters. The molecule has 82 valence electrons. The quantitative estimate of drug-likeness (QED) is 0.228. The maximum Gasteiger partial charge on any atom is 0.330 e. The Labute approximate surface area is 88.7 Å². The SMILES string of the molecule is C.C#C.C=C.C=CC(=O)OCCCC. The van der Waals surface area contributed by atoms with Crippen molar-refractivity contribution in [2.75, 3.05) is 6.61 Å². The van der Waals surface area contributed by atoms with Gasteiger partial charge in [0.1, 0.15) is 0 Å². The number of unbranched alkanes of at least 4 members (excludes halogenated alkanes) is 1. The Morgan fingerprint density at radius 3 is 2.14 bits per heavy atom. The molecule has 0 rings (SSSR count). The summed E-state index contributed by atoms with van der Waals surface area (Å²) in [6.45, 7) is 11.8. The van der Waals surface area contributed by atoms with Crippen LogP contribution in [-0.4, -0.2) is 12.6 Å². The first-order valence-corrected chi connectivity index (χ1v) is 3.93. The predicted molar refractivity (Wildman–Crippen MR) is 63.9 cm³/mol. The third kappa shape index (κ3) is 31.3. The maximum absolute atomic E-state index is 10.3. The molecule has 0 saturated heterocycles. The highest BCUT2D eigenvalue weighted by Crippen LogP contribution is 1.88. The van der Waals surface area contributed by atoms with Crippen LogP contribution in [0.1, 0.15) is 27.2 Å². The molecule has 0 atom stereocenters. The molecule has 0 fully saturated rings. The number of rotatable bonds is 4. The van der Waals surface area contributed by atoms with E-state index in [4.69, 9.17) is 0 Å². The second-order valence-corrected chi connectivity index (χ2v) is 1.73. The van der Waals surface area contributed by atoms with Crippen molar-refractivity contribution < 1.29 is 9.53 Å². The first-order chi connectivity index (χ1) is 6.31. The minimum absolute atomic E-state index is 0. The van der Waals surface area contributed by atoms with Crippen LogP contribution in [0.3, 0.4) is 0 Å². The van der Waals surface area contributed by atoms with Crippen LogP contribution in [-0.2, 0) is 9.53 Å². The molecule has 0 bridgehead atoms. The second kappa shape index (κ2) is 30.0. The fourth-order valence-corrected chi connectivity index (χ4v) is 0.376. The number of terminal acetylenes is 1. The van der Waals surface area contributed by atoms with Gasteiger partial charge in [0.05, 0.1) is 6.61 Å². The minimum atomic E-state index is -0.330. The second-order valence-electron chi connectivity index (χ2n) is 1.73. The molecule has 0 amide bonds. The predicted octanol–water partition coefficient (Wildman–Crippen LogP) is 3.20. The van der Waals surface area contributed by atoms with Crippen molar-refractivity contribution in [3.8, 4) is 12.8 Å². The topological polar surface area (TPSA) is 26.3 Å². The fraction of sp³-hybridized carbons (Fsp3) is 0.417. The summed E-state index contributed by atoms with van der Waals surface area (Å²) in [5, 5.41) is 0. The molecule has 14 heavy (non-hydrogen) atoms. The molecule has 0 aliphatic rings. The molecular weight excluding hydrogens is 176 g/mol. The smallest absolute Gasteiger partial charge is 0.330 e. The summed E-state index contributed by atoms with van der Waals surface area (Å²) in [7, 11) is 0. The largest absolute Gasteiger partial charge is 0.463 e. The van der Waals surface area contributed by atoms with Gasteiger partial charge in [0, 0.05) is 6.08 Å². The van der Waals surface area contributed by atoms with Gasteiger partial charge in [0.15, 0.2) is 0 Å². The summed E-state index contributed by atoms with van der Waals surface area (Å²) in [4.78, 5) is 10.3. The highest BCUT2D eigenvalue weighted by atomic mass is 16.5. The Morgan fingerprint density at radius 2 is 1.86 bits per heavy atom. The number of hydrogen-bond donors (Lipinski definition) is 0. The molecule has 0 aliphatic heterocycles. The van der Waals surface area contributed by atoms with E-state index < -0.39 is 0 Å². The van der Waals surface area contributed by atoms with Crippen LogP contribution >= 0.6 is 0 Å². The summed E-state index contributed by atoms with van der Waals surface area (Å²) in [6, 6.07) is 0. The zero-order chi connectivity index (χ0) is 11.1. The van der Waals surface area contributed by atoms with E-state index in [2.05, 4.69) is 37.3 Å². The van der Waals surface area contributed by atoms with E-state index in [-0.39, 0.29) is 13.4 Å². The van der Waals surface area contributed by atoms with Gasteiger partial charge in [-0.3, -0.25) is 0 Å². The Kier molecular flexibility index (Phi) is 49.0. The molecular formula is C12H22O2. The maximum atomic E-state index is 10.3. The van der Waals surface area contributed by atoms with Gasteiger partial charge in [0.2, 0.25) is 0 Å². The van der Waals surface area contributed by atoms with Crippen LogP contribution in [0.4, 0.5) is 0 Å². The molecule has 0 aliphatic carbocycles. The highest BCUT2D eigenvalue weighted by molar-refractivity contribution is 5.81. The lowest BCUT2D eigenvalue weighted by atomic mass is 10.4. The van der Waals surface area contributed by atoms with Crippen molar-refractivity contribution >= 4 is 5.97 Å². The van der Waals surface area contributed by atoms with Gasteiger partial charge in [0.25, 0.3) is 0 Å². The van der Waals surface area contributed by atoms with Crippen LogP contribution in [0.15, 0.2) is 25.8 Å². The Bertz CT molecular complexity index is 137. The number of carbonyl (C=O) groups excluding carboxylic acids is 1. The Balaban J connectivity index is -0.0000000883. The first-order valence-electron chi connectivity index (χ1n) is 3.93. The molecule has 2 heteroatoms. The van der Waals surface area contributed by atoms with Crippen molar-refractivity contribution in [2.24, 2.45) is 0 Å². The number of hydrogen-bond acceptors (Lipinski definition) is 2. The molecule has 2 nitrogen and oxygen atoms in total. The molecule has 0 aromatic heterocycles. The summed E-state index contributed by atoms with van der Waals surface area (Å²) in [5.41, 5.74) is 0. The van der Waals surface area contributed by atoms with Gasteiger partial charge < -0.3 is 4.74 Å². The van der Waals surface area contributed by atoms with Crippen LogP contribution in [0.5, 0.6) is 0 Å². The van der Waals surface area contributed by atoms with Crippen molar-refractivity contribution in [3.05, 3.63) is 25.8 Å². The lowest BCUT2D eigenvalue weighted by molar-refractivity contribution is -0.137. The fourth-order valence-electron chi connectivity index (χ4n) is 0.376. The highest BCUT2D eigenvalue weighted by Gasteiger charge is 1.91. The zero-order valence-corrected chi connectivity index (χ0v) is 8.29. The molecule has 0 aromatic carbocycles. The van der Waals surface area contributed by atoms with E-state index in [1.54, 1.807) is 0 Å².